The first-order valence-corrected chi connectivity index (χ1v) is 5.25. The number of fused-ring (bicyclic) bond motifs is 1. The summed E-state index contributed by atoms with van der Waals surface area (Å²) in [6.45, 7) is 1.68. The number of allylic oxidation sites excluding steroid dienone is 6. The second-order valence-corrected chi connectivity index (χ2v) is 4.15. The molecule has 1 aliphatic heterocycles. The number of alkyl halides is 1. The lowest BCUT2D eigenvalue weighted by Gasteiger charge is -2.18. The zero-order chi connectivity index (χ0) is 10.8. The molecule has 1 atom stereocenters. The highest BCUT2D eigenvalue weighted by Crippen LogP contribution is 2.28. The van der Waals surface area contributed by atoms with Crippen molar-refractivity contribution in [2.75, 3.05) is 0 Å². The molecule has 0 radical (unpaired) electrons. The molecule has 2 rings (SSSR count). The molecule has 0 aromatic heterocycles. The summed E-state index contributed by atoms with van der Waals surface area (Å²) >= 11 is 5.75. The van der Waals surface area contributed by atoms with Crippen LogP contribution in [0, 0.1) is 0 Å². The summed E-state index contributed by atoms with van der Waals surface area (Å²) in [4.78, 5) is 11.6. The third-order valence-electron chi connectivity index (χ3n) is 2.36. The first kappa shape index (κ1) is 10.2. The molecule has 78 valence electrons. The second kappa shape index (κ2) is 4.07. The Morgan fingerprint density at radius 3 is 3.13 bits per heavy atom. The molecule has 0 aromatic rings. The summed E-state index contributed by atoms with van der Waals surface area (Å²) in [7, 11) is 0. The van der Waals surface area contributed by atoms with Gasteiger partial charge in [0.15, 0.2) is 5.78 Å². The zero-order valence-electron chi connectivity index (χ0n) is 8.37. The smallest absolute Gasteiger partial charge is 0.180 e. The Bertz CT molecular complexity index is 411. The van der Waals surface area contributed by atoms with Crippen LogP contribution in [0.5, 0.6) is 0 Å². The Balaban J connectivity index is 2.24. The van der Waals surface area contributed by atoms with Crippen molar-refractivity contribution in [1.29, 1.82) is 0 Å². The summed E-state index contributed by atoms with van der Waals surface area (Å²) in [6.07, 6.45) is 9.79. The van der Waals surface area contributed by atoms with E-state index in [9.17, 15) is 4.79 Å². The quantitative estimate of drug-likeness (QED) is 0.672. The predicted molar refractivity (Wildman–Crippen MR) is 59.4 cm³/mol. The number of ketones is 1. The van der Waals surface area contributed by atoms with Crippen LogP contribution in [0.2, 0.25) is 0 Å². The van der Waals surface area contributed by atoms with Gasteiger partial charge in [0.25, 0.3) is 0 Å². The van der Waals surface area contributed by atoms with Crippen LogP contribution in [-0.2, 0) is 9.53 Å². The fourth-order valence-corrected chi connectivity index (χ4v) is 1.67. The monoisotopic (exact) mass is 222 g/mol. The van der Waals surface area contributed by atoms with Gasteiger partial charge in [-0.3, -0.25) is 4.79 Å². The third-order valence-corrected chi connectivity index (χ3v) is 2.56. The van der Waals surface area contributed by atoms with Gasteiger partial charge in [-0.15, -0.1) is 11.6 Å². The maximum atomic E-state index is 11.6. The van der Waals surface area contributed by atoms with E-state index in [0.29, 0.717) is 5.57 Å². The number of ether oxygens (including phenoxy) is 1. The van der Waals surface area contributed by atoms with Crippen LogP contribution in [-0.4, -0.2) is 11.2 Å². The molecule has 1 aliphatic carbocycles. The molecule has 0 amide bonds. The van der Waals surface area contributed by atoms with Crippen LogP contribution in [0.4, 0.5) is 0 Å². The number of carbonyl (C=O) groups excluding carboxylic acids is 1. The van der Waals surface area contributed by atoms with Crippen molar-refractivity contribution < 1.29 is 9.53 Å². The first-order chi connectivity index (χ1) is 7.18. The number of halogens is 1. The average Bonchev–Trinajstić information content (AvgIpc) is 2.27. The van der Waals surface area contributed by atoms with Crippen LogP contribution < -0.4 is 0 Å². The van der Waals surface area contributed by atoms with Gasteiger partial charge in [-0.2, -0.15) is 0 Å². The Hall–Kier alpha value is -1.28. The van der Waals surface area contributed by atoms with E-state index in [1.165, 1.54) is 0 Å². The molecule has 2 nitrogen and oxygen atoms in total. The van der Waals surface area contributed by atoms with Crippen molar-refractivity contribution in [3.63, 3.8) is 0 Å². The van der Waals surface area contributed by atoms with Crippen LogP contribution in [0.15, 0.2) is 47.5 Å². The number of rotatable bonds is 2. The number of hydrogen-bond donors (Lipinski definition) is 0. The van der Waals surface area contributed by atoms with Gasteiger partial charge in [-0.05, 0) is 31.1 Å². The van der Waals surface area contributed by atoms with Crippen molar-refractivity contribution in [2.45, 2.75) is 18.7 Å². The molecule has 0 spiro atoms. The Morgan fingerprint density at radius 1 is 1.60 bits per heavy atom. The maximum absolute atomic E-state index is 11.6. The molecule has 2 aliphatic rings. The van der Waals surface area contributed by atoms with Gasteiger partial charge in [0.05, 0.1) is 11.6 Å². The second-order valence-electron chi connectivity index (χ2n) is 3.49. The van der Waals surface area contributed by atoms with Crippen molar-refractivity contribution in [3.05, 3.63) is 47.5 Å². The highest BCUT2D eigenvalue weighted by molar-refractivity contribution is 6.33. The lowest BCUT2D eigenvalue weighted by Crippen LogP contribution is -2.14. The topological polar surface area (TPSA) is 26.3 Å². The Morgan fingerprint density at radius 2 is 2.40 bits per heavy atom. The molecule has 3 heteroatoms. The summed E-state index contributed by atoms with van der Waals surface area (Å²) in [6, 6.07) is 0. The summed E-state index contributed by atoms with van der Waals surface area (Å²) in [5, 5.41) is -0.488. The standard InChI is InChI=1S/C12H11ClO2/c1-8(13)12(14)10-5-4-9-3-2-6-15-11(9)7-10/h2-3,5-8H,4H2,1H3. The normalized spacial score (nSPS) is 20.5. The van der Waals surface area contributed by atoms with Crippen molar-refractivity contribution in [2.24, 2.45) is 0 Å². The minimum absolute atomic E-state index is 0.0543. The molecule has 0 bridgehead atoms. The predicted octanol–water partition coefficient (Wildman–Crippen LogP) is 2.87. The molecule has 15 heavy (non-hydrogen) atoms. The van der Waals surface area contributed by atoms with Crippen molar-refractivity contribution in [1.82, 2.24) is 0 Å². The van der Waals surface area contributed by atoms with E-state index in [4.69, 9.17) is 16.3 Å². The molecule has 0 saturated carbocycles. The van der Waals surface area contributed by atoms with E-state index in [-0.39, 0.29) is 5.78 Å². The Labute approximate surface area is 93.6 Å². The fraction of sp³-hybridized carbons (Fsp3) is 0.250. The van der Waals surface area contributed by atoms with E-state index in [2.05, 4.69) is 0 Å². The molecule has 1 unspecified atom stereocenters. The van der Waals surface area contributed by atoms with Gasteiger partial charge in [-0.25, -0.2) is 0 Å². The van der Waals surface area contributed by atoms with E-state index in [0.717, 1.165) is 17.8 Å². The maximum Gasteiger partial charge on any atom is 0.180 e. The molecule has 0 saturated heterocycles. The first-order valence-electron chi connectivity index (χ1n) is 4.81. The summed E-state index contributed by atoms with van der Waals surface area (Å²) in [5.74, 6) is 0.696. The lowest BCUT2D eigenvalue weighted by atomic mass is 9.96. The van der Waals surface area contributed by atoms with Gasteiger partial charge in [-0.1, -0.05) is 12.2 Å². The average molecular weight is 223 g/mol. The summed E-state index contributed by atoms with van der Waals surface area (Å²) in [5.41, 5.74) is 1.73. The van der Waals surface area contributed by atoms with Gasteiger partial charge >= 0.3 is 0 Å². The van der Waals surface area contributed by atoms with E-state index >= 15 is 0 Å². The number of hydrogen-bond acceptors (Lipinski definition) is 2. The molecular weight excluding hydrogens is 212 g/mol. The van der Waals surface area contributed by atoms with E-state index < -0.39 is 5.38 Å². The number of Topliss-reactive ketones (excluding diaryl/α,β-unsaturated/α-hetero) is 1. The highest BCUT2D eigenvalue weighted by atomic mass is 35.5. The van der Waals surface area contributed by atoms with Crippen molar-refractivity contribution >= 4 is 17.4 Å². The SMILES string of the molecule is CC(Cl)C(=O)C1=CCC2=CC=COC2=C1. The molecule has 0 aromatic carbocycles. The van der Waals surface area contributed by atoms with Crippen LogP contribution in [0.3, 0.4) is 0 Å². The fourth-order valence-electron chi connectivity index (χ4n) is 1.54. The van der Waals surface area contributed by atoms with Crippen molar-refractivity contribution in [3.8, 4) is 0 Å². The van der Waals surface area contributed by atoms with Crippen LogP contribution in [0.25, 0.3) is 0 Å². The minimum atomic E-state index is -0.488. The molecule has 0 fully saturated rings. The zero-order valence-corrected chi connectivity index (χ0v) is 9.12. The minimum Gasteiger partial charge on any atom is -0.465 e. The molecule has 0 N–H and O–H groups in total. The molecular formula is C12H11ClO2. The lowest BCUT2D eigenvalue weighted by molar-refractivity contribution is -0.114. The van der Waals surface area contributed by atoms with Gasteiger partial charge in [0.2, 0.25) is 0 Å². The van der Waals surface area contributed by atoms with Gasteiger partial charge in [0, 0.05) is 5.57 Å². The van der Waals surface area contributed by atoms with Crippen LogP contribution >= 0.6 is 11.6 Å². The van der Waals surface area contributed by atoms with Gasteiger partial charge in [0.1, 0.15) is 5.76 Å². The number of carbonyl (C=O) groups is 1. The Kier molecular flexibility index (Phi) is 2.78. The van der Waals surface area contributed by atoms with E-state index in [1.807, 2.05) is 18.2 Å². The largest absolute Gasteiger partial charge is 0.465 e. The summed E-state index contributed by atoms with van der Waals surface area (Å²) < 4.78 is 5.32. The molecule has 1 heterocycles. The van der Waals surface area contributed by atoms with E-state index in [1.54, 1.807) is 19.3 Å². The highest BCUT2D eigenvalue weighted by Gasteiger charge is 2.20. The third kappa shape index (κ3) is 2.05. The van der Waals surface area contributed by atoms with Gasteiger partial charge < -0.3 is 4.74 Å². The van der Waals surface area contributed by atoms with Crippen LogP contribution in [0.1, 0.15) is 13.3 Å².